The van der Waals surface area contributed by atoms with Gasteiger partial charge in [0.2, 0.25) is 0 Å². The topological polar surface area (TPSA) is 12.0 Å². The second-order valence-electron chi connectivity index (χ2n) is 3.81. The van der Waals surface area contributed by atoms with Crippen LogP contribution in [-0.2, 0) is 6.42 Å². The highest BCUT2D eigenvalue weighted by Gasteiger charge is 2.11. The second kappa shape index (κ2) is 6.01. The number of thiophene rings is 1. The lowest BCUT2D eigenvalue weighted by molar-refractivity contribution is 0.596. The first-order chi connectivity index (χ1) is 8.19. The molecule has 4 heteroatoms. The minimum Gasteiger partial charge on any atom is -0.313 e. The van der Waals surface area contributed by atoms with E-state index in [1.165, 1.54) is 14.2 Å². The first-order valence-electron chi connectivity index (χ1n) is 5.36. The number of benzene rings is 1. The lowest BCUT2D eigenvalue weighted by atomic mass is 10.0. The van der Waals surface area contributed by atoms with Crippen molar-refractivity contribution in [3.63, 3.8) is 0 Å². The van der Waals surface area contributed by atoms with Crippen molar-refractivity contribution in [1.82, 2.24) is 5.32 Å². The van der Waals surface area contributed by atoms with E-state index >= 15 is 0 Å². The normalized spacial score (nSPS) is 12.6. The summed E-state index contributed by atoms with van der Waals surface area (Å²) in [5.41, 5.74) is 1.23. The van der Waals surface area contributed by atoms with Crippen molar-refractivity contribution < 1.29 is 0 Å². The Kier molecular flexibility index (Phi) is 4.62. The van der Waals surface area contributed by atoms with E-state index in [9.17, 15) is 0 Å². The lowest BCUT2D eigenvalue weighted by Crippen LogP contribution is -2.18. The summed E-state index contributed by atoms with van der Waals surface area (Å²) in [6, 6.07) is 12.6. The maximum absolute atomic E-state index is 6.02. The van der Waals surface area contributed by atoms with E-state index in [1.807, 2.05) is 25.2 Å². The minimum absolute atomic E-state index is 0.305. The molecule has 1 nitrogen and oxygen atoms in total. The van der Waals surface area contributed by atoms with Crippen LogP contribution in [0.4, 0.5) is 0 Å². The van der Waals surface area contributed by atoms with E-state index in [-0.39, 0.29) is 0 Å². The number of nitrogens with one attached hydrogen (secondary N) is 1. The minimum atomic E-state index is 0.305. The largest absolute Gasteiger partial charge is 0.313 e. The molecule has 0 aliphatic heterocycles. The Morgan fingerprint density at radius 1 is 1.35 bits per heavy atom. The summed E-state index contributed by atoms with van der Waals surface area (Å²) in [5, 5.41) is 4.12. The van der Waals surface area contributed by atoms with Gasteiger partial charge in [-0.1, -0.05) is 23.7 Å². The third kappa shape index (κ3) is 3.55. The lowest BCUT2D eigenvalue weighted by Gasteiger charge is -2.16. The van der Waals surface area contributed by atoms with Crippen LogP contribution in [0.25, 0.3) is 0 Å². The standard InChI is InChI=1S/C13H13BrClNS/c1-16-12(8-11-5-6-13(14)17-11)9-3-2-4-10(15)7-9/h2-7,12,16H,8H2,1H3. The van der Waals surface area contributed by atoms with Crippen LogP contribution in [0.5, 0.6) is 0 Å². The van der Waals surface area contributed by atoms with E-state index in [4.69, 9.17) is 11.6 Å². The molecule has 0 radical (unpaired) electrons. The van der Waals surface area contributed by atoms with Crippen molar-refractivity contribution in [2.75, 3.05) is 7.05 Å². The average molecular weight is 331 g/mol. The zero-order chi connectivity index (χ0) is 12.3. The molecule has 1 atom stereocenters. The fraction of sp³-hybridized carbons (Fsp3) is 0.231. The quantitative estimate of drug-likeness (QED) is 0.859. The van der Waals surface area contributed by atoms with Crippen LogP contribution in [0.1, 0.15) is 16.5 Å². The van der Waals surface area contributed by atoms with Gasteiger partial charge < -0.3 is 5.32 Å². The molecule has 0 saturated carbocycles. The number of hydrogen-bond donors (Lipinski definition) is 1. The fourth-order valence-electron chi connectivity index (χ4n) is 1.77. The number of hydrogen-bond acceptors (Lipinski definition) is 2. The second-order valence-corrected chi connectivity index (χ2v) is 6.79. The molecule has 0 fully saturated rings. The van der Waals surface area contributed by atoms with Gasteiger partial charge in [0.15, 0.2) is 0 Å². The zero-order valence-corrected chi connectivity index (χ0v) is 12.6. The summed E-state index contributed by atoms with van der Waals surface area (Å²) in [6.07, 6.45) is 0.979. The Morgan fingerprint density at radius 2 is 2.18 bits per heavy atom. The van der Waals surface area contributed by atoms with Crippen LogP contribution in [0.15, 0.2) is 40.2 Å². The van der Waals surface area contributed by atoms with Crippen molar-refractivity contribution >= 4 is 38.9 Å². The maximum atomic E-state index is 6.02. The van der Waals surface area contributed by atoms with Gasteiger partial charge in [0, 0.05) is 22.4 Å². The third-order valence-corrected chi connectivity index (χ3v) is 4.51. The van der Waals surface area contributed by atoms with Gasteiger partial charge >= 0.3 is 0 Å². The molecule has 90 valence electrons. The third-order valence-electron chi connectivity index (χ3n) is 2.63. The zero-order valence-electron chi connectivity index (χ0n) is 9.41. The molecular weight excluding hydrogens is 318 g/mol. The van der Waals surface area contributed by atoms with Gasteiger partial charge in [0.25, 0.3) is 0 Å². The molecule has 2 rings (SSSR count). The molecule has 0 bridgehead atoms. The van der Waals surface area contributed by atoms with Crippen LogP contribution < -0.4 is 5.32 Å². The van der Waals surface area contributed by atoms with E-state index < -0.39 is 0 Å². The number of halogens is 2. The van der Waals surface area contributed by atoms with E-state index in [0.29, 0.717) is 6.04 Å². The van der Waals surface area contributed by atoms with Crippen molar-refractivity contribution in [3.8, 4) is 0 Å². The van der Waals surface area contributed by atoms with E-state index in [2.05, 4.69) is 39.4 Å². The number of rotatable bonds is 4. The first kappa shape index (κ1) is 13.1. The summed E-state index contributed by atoms with van der Waals surface area (Å²) >= 11 is 11.3. The van der Waals surface area contributed by atoms with Gasteiger partial charge in [-0.25, -0.2) is 0 Å². The molecule has 0 aliphatic rings. The molecule has 17 heavy (non-hydrogen) atoms. The average Bonchev–Trinajstić information content (AvgIpc) is 2.72. The summed E-state index contributed by atoms with van der Waals surface area (Å²) in [7, 11) is 1.98. The van der Waals surface area contributed by atoms with Gasteiger partial charge in [-0.05, 0) is 52.8 Å². The maximum Gasteiger partial charge on any atom is 0.0701 e. The van der Waals surface area contributed by atoms with Crippen molar-refractivity contribution in [2.45, 2.75) is 12.5 Å². The highest BCUT2D eigenvalue weighted by Crippen LogP contribution is 2.27. The van der Waals surface area contributed by atoms with E-state index in [1.54, 1.807) is 11.3 Å². The van der Waals surface area contributed by atoms with Gasteiger partial charge in [-0.3, -0.25) is 0 Å². The molecular formula is C13H13BrClNS. The molecule has 1 unspecified atom stereocenters. The molecule has 0 saturated heterocycles. The van der Waals surface area contributed by atoms with Crippen molar-refractivity contribution in [2.24, 2.45) is 0 Å². The fourth-order valence-corrected chi connectivity index (χ4v) is 3.50. The molecule has 1 aromatic carbocycles. The summed E-state index contributed by atoms with van der Waals surface area (Å²) < 4.78 is 1.17. The predicted octanol–water partition coefficient (Wildman–Crippen LogP) is 4.67. The first-order valence-corrected chi connectivity index (χ1v) is 7.34. The Hall–Kier alpha value is -0.350. The van der Waals surface area contributed by atoms with Crippen LogP contribution in [-0.4, -0.2) is 7.05 Å². The van der Waals surface area contributed by atoms with Crippen molar-refractivity contribution in [1.29, 1.82) is 0 Å². The highest BCUT2D eigenvalue weighted by molar-refractivity contribution is 9.11. The molecule has 1 N–H and O–H groups in total. The smallest absolute Gasteiger partial charge is 0.0701 e. The van der Waals surface area contributed by atoms with Crippen LogP contribution in [0.3, 0.4) is 0 Å². The van der Waals surface area contributed by atoms with Crippen LogP contribution in [0.2, 0.25) is 5.02 Å². The molecule has 0 aliphatic carbocycles. The SMILES string of the molecule is CNC(Cc1ccc(Br)s1)c1cccc(Cl)c1. The van der Waals surface area contributed by atoms with Gasteiger partial charge in [-0.2, -0.15) is 0 Å². The monoisotopic (exact) mass is 329 g/mol. The molecule has 2 aromatic rings. The van der Waals surface area contributed by atoms with Crippen LogP contribution in [0, 0.1) is 0 Å². The summed E-state index contributed by atoms with van der Waals surface area (Å²) in [4.78, 5) is 1.36. The summed E-state index contributed by atoms with van der Waals surface area (Å²) in [6.45, 7) is 0. The van der Waals surface area contributed by atoms with Crippen molar-refractivity contribution in [3.05, 3.63) is 55.6 Å². The number of likely N-dealkylation sites (N-methyl/N-ethyl adjacent to an activating group) is 1. The van der Waals surface area contributed by atoms with Gasteiger partial charge in [-0.15, -0.1) is 11.3 Å². The van der Waals surface area contributed by atoms with Gasteiger partial charge in [0.05, 0.1) is 3.79 Å². The molecule has 0 spiro atoms. The Labute approximate surface area is 119 Å². The predicted molar refractivity (Wildman–Crippen MR) is 79.0 cm³/mol. The Bertz CT molecular complexity index is 498. The van der Waals surface area contributed by atoms with Gasteiger partial charge in [0.1, 0.15) is 0 Å². The highest BCUT2D eigenvalue weighted by atomic mass is 79.9. The molecule has 0 amide bonds. The Morgan fingerprint density at radius 3 is 2.76 bits per heavy atom. The van der Waals surface area contributed by atoms with Crippen LogP contribution >= 0.6 is 38.9 Å². The van der Waals surface area contributed by atoms with E-state index in [0.717, 1.165) is 11.4 Å². The molecule has 1 heterocycles. The Balaban J connectivity index is 2.16. The summed E-state index contributed by atoms with van der Waals surface area (Å²) in [5.74, 6) is 0. The molecule has 1 aromatic heterocycles.